The van der Waals surface area contributed by atoms with E-state index in [1.807, 2.05) is 0 Å². The van der Waals surface area contributed by atoms with E-state index in [2.05, 4.69) is 45.6 Å². The average Bonchev–Trinajstić information content (AvgIpc) is 3.67. The predicted octanol–water partition coefficient (Wildman–Crippen LogP) is 4.33. The molecule has 0 bridgehead atoms. The summed E-state index contributed by atoms with van der Waals surface area (Å²) in [4.78, 5) is 17.0. The lowest BCUT2D eigenvalue weighted by Gasteiger charge is -2.32. The molecule has 0 amide bonds. The number of aliphatic hydroxyl groups excluding tert-OH is 2. The van der Waals surface area contributed by atoms with Gasteiger partial charge in [0.15, 0.2) is 10.1 Å². The van der Waals surface area contributed by atoms with E-state index in [4.69, 9.17) is 15.1 Å². The second-order valence-corrected chi connectivity index (χ2v) is 11.8. The van der Waals surface area contributed by atoms with Gasteiger partial charge in [-0.2, -0.15) is 5.26 Å². The molecule has 9 nitrogen and oxygen atoms in total. The summed E-state index contributed by atoms with van der Waals surface area (Å²) in [6, 6.07) is 8.35. The smallest absolute Gasteiger partial charge is 0.195 e. The Labute approximate surface area is 241 Å². The minimum Gasteiger partial charge on any atom is -0.395 e. The molecule has 4 heterocycles. The van der Waals surface area contributed by atoms with Gasteiger partial charge in [0.05, 0.1) is 12.3 Å². The van der Waals surface area contributed by atoms with Crippen molar-refractivity contribution < 1.29 is 14.6 Å². The zero-order valence-electron chi connectivity index (χ0n) is 22.7. The molecule has 0 saturated carbocycles. The van der Waals surface area contributed by atoms with Gasteiger partial charge < -0.3 is 15.1 Å². The normalized spacial score (nSPS) is 15.5. The molecule has 5 rings (SSSR count). The number of aromatic nitrogens is 3. The lowest BCUT2D eigenvalue weighted by atomic mass is 9.96. The highest BCUT2D eigenvalue weighted by atomic mass is 32.1. The third-order valence-electron chi connectivity index (χ3n) is 7.27. The highest BCUT2D eigenvalue weighted by Crippen LogP contribution is 2.40. The standard InChI is InChI=1S/C28H34FN7O2S2/c1-3-21-26(35(4-2)28-33-25(22(15-30)39-28)19-5-7-20(29)8-6-19)36-16-23(40-27(36)32-21)18-9-12-34(13-10-18)17-24(38)31-11-14-37/h5-8,16,18,24,31,37-38H,3-4,9-14,17H2,1-2H3. The second kappa shape index (κ2) is 12.7. The van der Waals surface area contributed by atoms with Crippen LogP contribution in [0.1, 0.15) is 48.1 Å². The van der Waals surface area contributed by atoms with Crippen molar-refractivity contribution in [3.63, 3.8) is 0 Å². The molecule has 1 aromatic carbocycles. The number of rotatable bonds is 11. The molecule has 0 radical (unpaired) electrons. The highest BCUT2D eigenvalue weighted by Gasteiger charge is 2.28. The molecule has 0 spiro atoms. The number of benzene rings is 1. The van der Waals surface area contributed by atoms with E-state index in [0.29, 0.717) is 46.8 Å². The number of imidazole rings is 1. The summed E-state index contributed by atoms with van der Waals surface area (Å²) in [5, 5.41) is 32.5. The number of nitrogens with one attached hydrogen (secondary N) is 1. The maximum absolute atomic E-state index is 13.5. The minimum absolute atomic E-state index is 0.00792. The first-order valence-corrected chi connectivity index (χ1v) is 15.3. The van der Waals surface area contributed by atoms with Gasteiger partial charge in [0, 0.05) is 36.3 Å². The van der Waals surface area contributed by atoms with Crippen LogP contribution in [0.15, 0.2) is 30.5 Å². The molecule has 1 aliphatic heterocycles. The number of thiazole rings is 2. The first-order chi connectivity index (χ1) is 19.4. The number of aliphatic hydroxyl groups is 2. The van der Waals surface area contributed by atoms with E-state index in [0.717, 1.165) is 48.8 Å². The monoisotopic (exact) mass is 583 g/mol. The van der Waals surface area contributed by atoms with Gasteiger partial charge in [0.2, 0.25) is 0 Å². The third-order valence-corrected chi connectivity index (χ3v) is 9.40. The summed E-state index contributed by atoms with van der Waals surface area (Å²) in [5.41, 5.74) is 2.26. The van der Waals surface area contributed by atoms with Crippen molar-refractivity contribution >= 4 is 38.6 Å². The van der Waals surface area contributed by atoms with Crippen molar-refractivity contribution in [3.05, 3.63) is 51.7 Å². The van der Waals surface area contributed by atoms with E-state index in [-0.39, 0.29) is 12.4 Å². The highest BCUT2D eigenvalue weighted by molar-refractivity contribution is 7.17. The number of hydrogen-bond acceptors (Lipinski definition) is 10. The van der Waals surface area contributed by atoms with Crippen molar-refractivity contribution in [2.24, 2.45) is 0 Å². The maximum Gasteiger partial charge on any atom is 0.195 e. The first kappa shape index (κ1) is 28.6. The molecule has 1 saturated heterocycles. The van der Waals surface area contributed by atoms with Crippen LogP contribution in [0.5, 0.6) is 0 Å². The number of aryl methyl sites for hydroxylation is 1. The Kier molecular flexibility index (Phi) is 9.10. The Morgan fingerprint density at radius 1 is 1.20 bits per heavy atom. The van der Waals surface area contributed by atoms with Crippen molar-refractivity contribution in [1.29, 1.82) is 5.26 Å². The van der Waals surface area contributed by atoms with Gasteiger partial charge in [-0.25, -0.2) is 14.4 Å². The van der Waals surface area contributed by atoms with Crippen LogP contribution in [0.2, 0.25) is 0 Å². The van der Waals surface area contributed by atoms with E-state index < -0.39 is 6.23 Å². The summed E-state index contributed by atoms with van der Waals surface area (Å²) < 4.78 is 15.7. The van der Waals surface area contributed by atoms with Crippen LogP contribution in [-0.4, -0.2) is 75.0 Å². The van der Waals surface area contributed by atoms with Crippen LogP contribution < -0.4 is 10.2 Å². The van der Waals surface area contributed by atoms with Gasteiger partial charge in [0.1, 0.15) is 34.5 Å². The molecule has 3 aromatic heterocycles. The first-order valence-electron chi connectivity index (χ1n) is 13.6. The van der Waals surface area contributed by atoms with Gasteiger partial charge in [-0.1, -0.05) is 18.3 Å². The Hall–Kier alpha value is -2.92. The molecule has 212 valence electrons. The van der Waals surface area contributed by atoms with Crippen molar-refractivity contribution in [2.45, 2.75) is 45.3 Å². The molecule has 4 aromatic rings. The second-order valence-electron chi connectivity index (χ2n) is 9.83. The fraction of sp³-hybridized carbons (Fsp3) is 0.464. The Balaban J connectivity index is 1.39. The number of hydrogen-bond donors (Lipinski definition) is 3. The van der Waals surface area contributed by atoms with Crippen LogP contribution in [0.25, 0.3) is 16.2 Å². The molecule has 1 unspecified atom stereocenters. The van der Waals surface area contributed by atoms with E-state index >= 15 is 0 Å². The number of fused-ring (bicyclic) bond motifs is 1. The summed E-state index contributed by atoms with van der Waals surface area (Å²) >= 11 is 3.07. The van der Waals surface area contributed by atoms with Gasteiger partial charge in [0.25, 0.3) is 0 Å². The minimum atomic E-state index is -0.639. The lowest BCUT2D eigenvalue weighted by Crippen LogP contribution is -2.44. The van der Waals surface area contributed by atoms with Crippen LogP contribution in [-0.2, 0) is 6.42 Å². The van der Waals surface area contributed by atoms with Crippen molar-refractivity contribution in [3.8, 4) is 17.3 Å². The topological polar surface area (TPSA) is 113 Å². The molecular formula is C28H34FN7O2S2. The van der Waals surface area contributed by atoms with Gasteiger partial charge in [-0.3, -0.25) is 14.6 Å². The fourth-order valence-corrected chi connectivity index (χ4v) is 7.34. The van der Waals surface area contributed by atoms with Crippen LogP contribution in [0.4, 0.5) is 15.3 Å². The van der Waals surface area contributed by atoms with Crippen LogP contribution in [0.3, 0.4) is 0 Å². The van der Waals surface area contributed by atoms with E-state index in [1.54, 1.807) is 23.5 Å². The molecule has 40 heavy (non-hydrogen) atoms. The quantitative estimate of drug-likeness (QED) is 0.224. The SMILES string of the molecule is CCc1nc2sc(C3CCN(CC(O)NCCO)CC3)cn2c1N(CC)c1nc(-c2ccc(F)cc2)c(C#N)s1. The Morgan fingerprint density at radius 2 is 1.95 bits per heavy atom. The number of halogens is 1. The number of anilines is 2. The van der Waals surface area contributed by atoms with Crippen LogP contribution >= 0.6 is 22.7 Å². The number of β-amino-alcohol motifs (C(OH)–C–C–N with tert-alkyl or cyclic N) is 1. The zero-order chi connectivity index (χ0) is 28.2. The molecule has 1 fully saturated rings. The molecule has 1 aliphatic rings. The summed E-state index contributed by atoms with van der Waals surface area (Å²) in [6.07, 6.45) is 4.34. The van der Waals surface area contributed by atoms with E-state index in [1.165, 1.54) is 28.3 Å². The molecule has 3 N–H and O–H groups in total. The summed E-state index contributed by atoms with van der Waals surface area (Å²) in [7, 11) is 0. The number of nitrogens with zero attached hydrogens (tertiary/aromatic N) is 6. The Morgan fingerprint density at radius 3 is 2.60 bits per heavy atom. The number of likely N-dealkylation sites (tertiary alicyclic amines) is 1. The molecular weight excluding hydrogens is 549 g/mol. The van der Waals surface area contributed by atoms with Crippen molar-refractivity contribution in [2.75, 3.05) is 44.2 Å². The summed E-state index contributed by atoms with van der Waals surface area (Å²) in [5.74, 6) is 1.07. The van der Waals surface area contributed by atoms with Crippen LogP contribution in [0, 0.1) is 17.1 Å². The number of piperidine rings is 1. The lowest BCUT2D eigenvalue weighted by molar-refractivity contribution is 0.0696. The average molecular weight is 584 g/mol. The fourth-order valence-electron chi connectivity index (χ4n) is 5.23. The van der Waals surface area contributed by atoms with Gasteiger partial charge in [-0.05, 0) is 69.5 Å². The van der Waals surface area contributed by atoms with Crippen molar-refractivity contribution in [1.82, 2.24) is 24.6 Å². The third kappa shape index (κ3) is 5.90. The van der Waals surface area contributed by atoms with Gasteiger partial charge in [-0.15, -0.1) is 11.3 Å². The largest absolute Gasteiger partial charge is 0.395 e. The molecule has 12 heteroatoms. The molecule has 1 atom stereocenters. The predicted molar refractivity (Wildman–Crippen MR) is 157 cm³/mol. The maximum atomic E-state index is 13.5. The van der Waals surface area contributed by atoms with Gasteiger partial charge >= 0.3 is 0 Å². The summed E-state index contributed by atoms with van der Waals surface area (Å²) in [6.45, 7) is 7.56. The zero-order valence-corrected chi connectivity index (χ0v) is 24.3. The number of nitriles is 1. The Bertz CT molecular complexity index is 1470. The van der Waals surface area contributed by atoms with E-state index in [9.17, 15) is 14.8 Å². The molecule has 0 aliphatic carbocycles.